The van der Waals surface area contributed by atoms with Gasteiger partial charge in [-0.25, -0.2) is 0 Å². The van der Waals surface area contributed by atoms with Crippen LogP contribution in [0.3, 0.4) is 0 Å². The lowest BCUT2D eigenvalue weighted by molar-refractivity contribution is -0.120. The van der Waals surface area contributed by atoms with E-state index in [1.165, 1.54) is 11.3 Å². The first kappa shape index (κ1) is 14.9. The van der Waals surface area contributed by atoms with Crippen molar-refractivity contribution >= 4 is 46.1 Å². The van der Waals surface area contributed by atoms with Crippen molar-refractivity contribution in [2.75, 3.05) is 29.9 Å². The Morgan fingerprint density at radius 3 is 2.91 bits per heavy atom. The second kappa shape index (κ2) is 6.37. The van der Waals surface area contributed by atoms with Crippen molar-refractivity contribution in [2.45, 2.75) is 0 Å². The van der Waals surface area contributed by atoms with E-state index in [1.54, 1.807) is 23.6 Å². The van der Waals surface area contributed by atoms with Crippen LogP contribution in [0, 0.1) is 0 Å². The molecule has 0 bridgehead atoms. The summed E-state index contributed by atoms with van der Waals surface area (Å²) < 4.78 is 0. The van der Waals surface area contributed by atoms with E-state index >= 15 is 0 Å². The van der Waals surface area contributed by atoms with Crippen LogP contribution >= 0.6 is 22.9 Å². The molecule has 3 rings (SSSR count). The molecule has 1 aliphatic rings. The summed E-state index contributed by atoms with van der Waals surface area (Å²) in [5, 5.41) is 9.74. The Kier molecular flexibility index (Phi) is 4.31. The summed E-state index contributed by atoms with van der Waals surface area (Å²) in [4.78, 5) is 25.4. The van der Waals surface area contributed by atoms with Gasteiger partial charge in [0.2, 0.25) is 5.91 Å². The fraction of sp³-hybridized carbons (Fsp3) is 0.200. The molecule has 2 heterocycles. The van der Waals surface area contributed by atoms with Crippen LogP contribution in [0.25, 0.3) is 0 Å². The van der Waals surface area contributed by atoms with Gasteiger partial charge in [-0.15, -0.1) is 0 Å². The van der Waals surface area contributed by atoms with Crippen molar-refractivity contribution in [3.05, 3.63) is 45.6 Å². The van der Waals surface area contributed by atoms with E-state index in [-0.39, 0.29) is 11.8 Å². The van der Waals surface area contributed by atoms with E-state index < -0.39 is 0 Å². The minimum Gasteiger partial charge on any atom is -0.359 e. The van der Waals surface area contributed by atoms with Crippen LogP contribution in [0.2, 0.25) is 5.02 Å². The van der Waals surface area contributed by atoms with Crippen molar-refractivity contribution < 1.29 is 9.59 Å². The minimum atomic E-state index is -0.164. The Morgan fingerprint density at radius 2 is 2.23 bits per heavy atom. The number of hydrogen-bond donors (Lipinski definition) is 2. The molecule has 1 aromatic carbocycles. The number of nitrogens with zero attached hydrogens (tertiary/aromatic N) is 1. The fourth-order valence-corrected chi connectivity index (χ4v) is 3.22. The summed E-state index contributed by atoms with van der Waals surface area (Å²) >= 11 is 7.77. The molecule has 1 aromatic heterocycles. The predicted molar refractivity (Wildman–Crippen MR) is 88.9 cm³/mol. The van der Waals surface area contributed by atoms with Gasteiger partial charge in [-0.3, -0.25) is 9.59 Å². The highest BCUT2D eigenvalue weighted by molar-refractivity contribution is 7.08. The van der Waals surface area contributed by atoms with Gasteiger partial charge in [0.1, 0.15) is 0 Å². The normalized spacial score (nSPS) is 14.6. The minimum absolute atomic E-state index is 0.0165. The number of anilines is 2. The van der Waals surface area contributed by atoms with Crippen LogP contribution in [0.1, 0.15) is 10.4 Å². The first-order chi connectivity index (χ1) is 10.6. The Bertz CT molecular complexity index is 703. The molecule has 2 N–H and O–H groups in total. The molecule has 5 nitrogen and oxygen atoms in total. The molecule has 0 unspecified atom stereocenters. The average molecular weight is 336 g/mol. The summed E-state index contributed by atoms with van der Waals surface area (Å²) in [6.07, 6.45) is 0. The molecule has 0 spiro atoms. The maximum absolute atomic E-state index is 12.0. The van der Waals surface area contributed by atoms with Crippen LogP contribution < -0.4 is 15.5 Å². The highest BCUT2D eigenvalue weighted by Gasteiger charge is 2.19. The fourth-order valence-electron chi connectivity index (χ4n) is 2.28. The van der Waals surface area contributed by atoms with Crippen LogP contribution in [0.15, 0.2) is 35.0 Å². The van der Waals surface area contributed by atoms with E-state index in [1.807, 2.05) is 16.3 Å². The van der Waals surface area contributed by atoms with Gasteiger partial charge in [-0.2, -0.15) is 11.3 Å². The van der Waals surface area contributed by atoms with Gasteiger partial charge >= 0.3 is 0 Å². The summed E-state index contributed by atoms with van der Waals surface area (Å²) in [5.41, 5.74) is 2.05. The van der Waals surface area contributed by atoms with Crippen molar-refractivity contribution in [3.63, 3.8) is 0 Å². The standard InChI is InChI=1S/C15H14ClN3O2S/c16-12-7-11(18-15(21)10-3-6-22-9-10)1-2-13(12)19-5-4-17-14(20)8-19/h1-3,6-7,9H,4-5,8H2,(H,17,20)(H,18,21). The molecule has 22 heavy (non-hydrogen) atoms. The molecule has 1 fully saturated rings. The van der Waals surface area contributed by atoms with E-state index in [0.717, 1.165) is 5.69 Å². The van der Waals surface area contributed by atoms with Gasteiger partial charge in [0.25, 0.3) is 5.91 Å². The molecule has 7 heteroatoms. The van der Waals surface area contributed by atoms with Gasteiger partial charge in [-0.1, -0.05) is 11.6 Å². The molecule has 0 radical (unpaired) electrons. The van der Waals surface area contributed by atoms with E-state index in [0.29, 0.717) is 35.9 Å². The highest BCUT2D eigenvalue weighted by atomic mass is 35.5. The molecular formula is C15H14ClN3O2S. The monoisotopic (exact) mass is 335 g/mol. The van der Waals surface area contributed by atoms with Crippen LogP contribution in [-0.2, 0) is 4.79 Å². The maximum Gasteiger partial charge on any atom is 0.256 e. The summed E-state index contributed by atoms with van der Waals surface area (Å²) in [5.74, 6) is -0.181. The summed E-state index contributed by atoms with van der Waals surface area (Å²) in [6, 6.07) is 7.08. The number of carbonyl (C=O) groups is 2. The topological polar surface area (TPSA) is 61.4 Å². The smallest absolute Gasteiger partial charge is 0.256 e. The van der Waals surface area contributed by atoms with Gasteiger partial charge in [0.05, 0.1) is 22.8 Å². The van der Waals surface area contributed by atoms with Crippen molar-refractivity contribution in [3.8, 4) is 0 Å². The second-order valence-electron chi connectivity index (χ2n) is 4.90. The van der Waals surface area contributed by atoms with Gasteiger partial charge in [0.15, 0.2) is 0 Å². The predicted octanol–water partition coefficient (Wildman–Crippen LogP) is 2.59. The number of piperazine rings is 1. The first-order valence-corrected chi connectivity index (χ1v) is 8.10. The van der Waals surface area contributed by atoms with Gasteiger partial charge in [0, 0.05) is 24.2 Å². The molecule has 1 saturated heterocycles. The van der Waals surface area contributed by atoms with Gasteiger partial charge < -0.3 is 15.5 Å². The molecule has 0 atom stereocenters. The molecule has 2 aromatic rings. The molecule has 2 amide bonds. The van der Waals surface area contributed by atoms with Crippen LogP contribution in [-0.4, -0.2) is 31.4 Å². The Balaban J connectivity index is 1.74. The van der Waals surface area contributed by atoms with E-state index in [4.69, 9.17) is 11.6 Å². The number of halogens is 1. The van der Waals surface area contributed by atoms with Crippen LogP contribution in [0.5, 0.6) is 0 Å². The molecule has 114 valence electrons. The zero-order chi connectivity index (χ0) is 15.5. The van der Waals surface area contributed by atoms with E-state index in [9.17, 15) is 9.59 Å². The summed E-state index contributed by atoms with van der Waals surface area (Å²) in [7, 11) is 0. The quantitative estimate of drug-likeness (QED) is 0.906. The van der Waals surface area contributed by atoms with Gasteiger partial charge in [-0.05, 0) is 29.6 Å². The number of benzene rings is 1. The lowest BCUT2D eigenvalue weighted by Crippen LogP contribution is -2.47. The lowest BCUT2D eigenvalue weighted by Gasteiger charge is -2.29. The second-order valence-corrected chi connectivity index (χ2v) is 6.09. The largest absolute Gasteiger partial charge is 0.359 e. The molecule has 1 aliphatic heterocycles. The Hall–Kier alpha value is -2.05. The first-order valence-electron chi connectivity index (χ1n) is 6.78. The highest BCUT2D eigenvalue weighted by Crippen LogP contribution is 2.29. The Morgan fingerprint density at radius 1 is 1.36 bits per heavy atom. The molecular weight excluding hydrogens is 322 g/mol. The van der Waals surface area contributed by atoms with Crippen LogP contribution in [0.4, 0.5) is 11.4 Å². The number of carbonyl (C=O) groups excluding carboxylic acids is 2. The number of nitrogens with one attached hydrogen (secondary N) is 2. The third-order valence-corrected chi connectivity index (χ3v) is 4.35. The zero-order valence-corrected chi connectivity index (χ0v) is 13.2. The van der Waals surface area contributed by atoms with E-state index in [2.05, 4.69) is 10.6 Å². The lowest BCUT2D eigenvalue weighted by atomic mass is 10.2. The SMILES string of the molecule is O=C1CN(c2ccc(NC(=O)c3ccsc3)cc2Cl)CCN1. The van der Waals surface area contributed by atoms with Crippen molar-refractivity contribution in [1.82, 2.24) is 5.32 Å². The van der Waals surface area contributed by atoms with Crippen molar-refractivity contribution in [2.24, 2.45) is 0 Å². The zero-order valence-electron chi connectivity index (χ0n) is 11.6. The maximum atomic E-state index is 12.0. The Labute approximate surface area is 136 Å². The average Bonchev–Trinajstić information content (AvgIpc) is 3.01. The third kappa shape index (κ3) is 3.23. The summed E-state index contributed by atoms with van der Waals surface area (Å²) in [6.45, 7) is 1.61. The van der Waals surface area contributed by atoms with Crippen molar-refractivity contribution in [1.29, 1.82) is 0 Å². The molecule has 0 aliphatic carbocycles. The third-order valence-electron chi connectivity index (χ3n) is 3.37. The number of hydrogen-bond acceptors (Lipinski definition) is 4. The number of amides is 2. The number of rotatable bonds is 3. The molecule has 0 saturated carbocycles. The number of thiophene rings is 1.